The van der Waals surface area contributed by atoms with Crippen LogP contribution >= 0.6 is 15.6 Å². The van der Waals surface area contributed by atoms with E-state index >= 15 is 0 Å². The molecular weight excluding hydrogens is 1290 g/mol. The molecule has 0 rings (SSSR count). The number of phosphoric acid groups is 2. The summed E-state index contributed by atoms with van der Waals surface area (Å²) >= 11 is 0. The van der Waals surface area contributed by atoms with Gasteiger partial charge in [0.05, 0.1) is 26.4 Å². The lowest BCUT2D eigenvalue weighted by Gasteiger charge is -2.21. The summed E-state index contributed by atoms with van der Waals surface area (Å²) in [5.41, 5.74) is 0. The molecular formula is C81H132O16P2. The average Bonchev–Trinajstić information content (AvgIpc) is 1.57. The molecule has 562 valence electrons. The van der Waals surface area contributed by atoms with E-state index in [4.69, 9.17) is 32.3 Å². The molecule has 0 aliphatic carbocycles. The van der Waals surface area contributed by atoms with Gasteiger partial charge in [-0.15, -0.1) is 0 Å². The molecule has 0 aromatic heterocycles. The molecule has 0 saturated carbocycles. The molecule has 0 aliphatic heterocycles. The molecule has 0 aromatic carbocycles. The van der Waals surface area contributed by atoms with Crippen LogP contribution in [0.3, 0.4) is 0 Å². The number of carbonyl (C=O) groups is 3. The average molecular weight is 1420 g/mol. The number of carbonyl (C=O) groups excluding carboxylic acids is 3. The van der Waals surface area contributed by atoms with Gasteiger partial charge in [-0.3, -0.25) is 32.5 Å². The Morgan fingerprint density at radius 3 is 0.848 bits per heavy atom. The van der Waals surface area contributed by atoms with Crippen molar-refractivity contribution in [2.75, 3.05) is 39.6 Å². The van der Waals surface area contributed by atoms with Crippen molar-refractivity contribution in [3.63, 3.8) is 0 Å². The highest BCUT2D eigenvalue weighted by Crippen LogP contribution is 2.45. The Labute approximate surface area is 599 Å². The fourth-order valence-corrected chi connectivity index (χ4v) is 10.8. The monoisotopic (exact) mass is 1420 g/mol. The van der Waals surface area contributed by atoms with Crippen molar-refractivity contribution in [1.29, 1.82) is 0 Å². The zero-order valence-corrected chi connectivity index (χ0v) is 62.9. The number of hydrogen-bond donors (Lipinski definition) is 4. The standard InChI is InChI=1S/C81H132O16P2/c1-4-7-10-13-16-19-22-25-28-30-32-34-36-37-39-41-42-44-47-49-52-55-58-61-64-67-79(84)91-70-76(82)71-93-98(87,88)94-72-77(83)73-95-99(89,90)96-75-78(97-81(86)69-66-63-60-57-54-51-46-27-24-21-18-15-12-9-6-3)74-92-80(85)68-65-62-59-56-53-50-48-45-43-40-38-35-33-31-29-26-23-20-17-14-11-8-5-2/h7-8,10-11,16-21,25-29,32-35,37,39-40,42-44,46,48,50,76-78,82-83H,4-6,9,12-15,22-24,30-31,36,38,41,45,47,49,51-75H2,1-3H3,(H,87,88)(H,89,90)/b10-7-,11-8-,19-16-,20-17-,21-18-,28-25-,29-26-,34-32-,35-33-,39-37-,43-40-,44-42-,46-27-,50-48-. The fourth-order valence-electron chi connectivity index (χ4n) is 9.25. The Morgan fingerprint density at radius 1 is 0.293 bits per heavy atom. The molecule has 0 saturated heterocycles. The predicted octanol–water partition coefficient (Wildman–Crippen LogP) is 21.6. The third-order valence-electron chi connectivity index (χ3n) is 14.9. The lowest BCUT2D eigenvalue weighted by molar-refractivity contribution is -0.161. The quantitative estimate of drug-likeness (QED) is 0.0146. The second-order valence-corrected chi connectivity index (χ2v) is 27.2. The van der Waals surface area contributed by atoms with Crippen molar-refractivity contribution in [2.45, 2.75) is 283 Å². The lowest BCUT2D eigenvalue weighted by Crippen LogP contribution is -2.30. The van der Waals surface area contributed by atoms with Crippen LogP contribution in [0.1, 0.15) is 265 Å². The number of phosphoric ester groups is 2. The minimum atomic E-state index is -4.95. The van der Waals surface area contributed by atoms with E-state index < -0.39 is 91.5 Å². The predicted molar refractivity (Wildman–Crippen MR) is 408 cm³/mol. The normalized spacial score (nSPS) is 15.0. The van der Waals surface area contributed by atoms with Crippen LogP contribution in [0.15, 0.2) is 170 Å². The Hall–Kier alpha value is -5.09. The number of ether oxygens (including phenoxy) is 3. The topological polar surface area (TPSA) is 231 Å². The summed E-state index contributed by atoms with van der Waals surface area (Å²) in [6, 6.07) is 0. The van der Waals surface area contributed by atoms with Crippen molar-refractivity contribution in [3.05, 3.63) is 170 Å². The van der Waals surface area contributed by atoms with Crippen LogP contribution < -0.4 is 0 Å². The van der Waals surface area contributed by atoms with E-state index in [1.54, 1.807) is 0 Å². The van der Waals surface area contributed by atoms with E-state index in [1.165, 1.54) is 19.3 Å². The van der Waals surface area contributed by atoms with E-state index in [-0.39, 0.29) is 19.3 Å². The van der Waals surface area contributed by atoms with Crippen LogP contribution in [0.25, 0.3) is 0 Å². The van der Waals surface area contributed by atoms with Crippen molar-refractivity contribution in [2.24, 2.45) is 0 Å². The SMILES string of the molecule is CC/C=C\C/C=C\C/C=C\C/C=C\C/C=C\C/C=C\CCCCCCCCC(=O)OCC(O)COP(=O)(O)OCC(O)COP(=O)(O)OCC(COC(=O)CCCCCC/C=C\C/C=C\C/C=C\C/C=C\C/C=C\C/C=C\CC)OC(=O)CCCCCCC/C=C\C/C=C\CCCCC. The maximum absolute atomic E-state index is 13.0. The first-order valence-electron chi connectivity index (χ1n) is 37.4. The first-order valence-corrected chi connectivity index (χ1v) is 40.4. The molecule has 4 N–H and O–H groups in total. The Bertz CT molecular complexity index is 2480. The van der Waals surface area contributed by atoms with Gasteiger partial charge in [0.25, 0.3) is 0 Å². The number of hydrogen-bond acceptors (Lipinski definition) is 14. The first kappa shape index (κ1) is 93.9. The zero-order chi connectivity index (χ0) is 72.3. The molecule has 18 heteroatoms. The fraction of sp³-hybridized carbons (Fsp3) is 0.617. The molecule has 5 unspecified atom stereocenters. The van der Waals surface area contributed by atoms with E-state index in [0.717, 1.165) is 186 Å². The summed E-state index contributed by atoms with van der Waals surface area (Å²) in [5, 5.41) is 20.6. The van der Waals surface area contributed by atoms with Crippen LogP contribution in [0.4, 0.5) is 0 Å². The van der Waals surface area contributed by atoms with E-state index in [1.807, 2.05) is 0 Å². The van der Waals surface area contributed by atoms with E-state index in [9.17, 15) is 43.5 Å². The zero-order valence-electron chi connectivity index (χ0n) is 61.1. The number of allylic oxidation sites excluding steroid dienone is 28. The van der Waals surface area contributed by atoms with Crippen molar-refractivity contribution < 1.29 is 75.8 Å². The highest BCUT2D eigenvalue weighted by Gasteiger charge is 2.29. The number of esters is 3. The molecule has 5 atom stereocenters. The minimum absolute atomic E-state index is 0.0760. The molecule has 0 fully saturated rings. The summed E-state index contributed by atoms with van der Waals surface area (Å²) < 4.78 is 61.0. The van der Waals surface area contributed by atoms with Gasteiger partial charge in [-0.05, 0) is 154 Å². The van der Waals surface area contributed by atoms with Crippen LogP contribution in [0, 0.1) is 0 Å². The third kappa shape index (κ3) is 73.9. The molecule has 0 heterocycles. The molecule has 0 bridgehead atoms. The number of unbranched alkanes of at least 4 members (excludes halogenated alkanes) is 18. The second-order valence-electron chi connectivity index (χ2n) is 24.3. The number of rotatable bonds is 69. The molecule has 99 heavy (non-hydrogen) atoms. The molecule has 0 radical (unpaired) electrons. The molecule has 0 spiro atoms. The van der Waals surface area contributed by atoms with Crippen LogP contribution in [0.5, 0.6) is 0 Å². The minimum Gasteiger partial charge on any atom is -0.463 e. The molecule has 0 aromatic rings. The van der Waals surface area contributed by atoms with Gasteiger partial charge in [-0.2, -0.15) is 0 Å². The summed E-state index contributed by atoms with van der Waals surface area (Å²) in [4.78, 5) is 58.6. The van der Waals surface area contributed by atoms with Gasteiger partial charge in [0.1, 0.15) is 25.4 Å². The van der Waals surface area contributed by atoms with Crippen molar-refractivity contribution >= 4 is 33.6 Å². The van der Waals surface area contributed by atoms with Gasteiger partial charge in [-0.1, -0.05) is 262 Å². The molecule has 16 nitrogen and oxygen atoms in total. The molecule has 0 amide bonds. The summed E-state index contributed by atoms with van der Waals surface area (Å²) in [6.07, 6.45) is 91.0. The largest absolute Gasteiger partial charge is 0.472 e. The Balaban J connectivity index is 4.69. The highest BCUT2D eigenvalue weighted by molar-refractivity contribution is 7.47. The summed E-state index contributed by atoms with van der Waals surface area (Å²) in [5.74, 6) is -1.64. The summed E-state index contributed by atoms with van der Waals surface area (Å²) in [6.45, 7) is 2.33. The van der Waals surface area contributed by atoms with Gasteiger partial charge in [0.2, 0.25) is 0 Å². The van der Waals surface area contributed by atoms with Crippen LogP contribution in [0.2, 0.25) is 0 Å². The Morgan fingerprint density at radius 2 is 0.535 bits per heavy atom. The Kier molecular flexibility index (Phi) is 69.0. The first-order chi connectivity index (χ1) is 48.2. The van der Waals surface area contributed by atoms with Crippen molar-refractivity contribution in [3.8, 4) is 0 Å². The smallest absolute Gasteiger partial charge is 0.463 e. The maximum atomic E-state index is 13.0. The molecule has 0 aliphatic rings. The van der Waals surface area contributed by atoms with Gasteiger partial charge in [0, 0.05) is 19.3 Å². The van der Waals surface area contributed by atoms with Gasteiger partial charge < -0.3 is 34.2 Å². The second kappa shape index (κ2) is 72.7. The number of aliphatic hydroxyl groups excluding tert-OH is 2. The summed E-state index contributed by atoms with van der Waals surface area (Å²) in [7, 11) is -9.82. The van der Waals surface area contributed by atoms with Crippen molar-refractivity contribution in [1.82, 2.24) is 0 Å². The third-order valence-corrected chi connectivity index (χ3v) is 16.8. The highest BCUT2D eigenvalue weighted by atomic mass is 31.2. The maximum Gasteiger partial charge on any atom is 0.472 e. The van der Waals surface area contributed by atoms with Gasteiger partial charge in [0.15, 0.2) is 6.10 Å². The van der Waals surface area contributed by atoms with Gasteiger partial charge >= 0.3 is 33.6 Å². The van der Waals surface area contributed by atoms with Crippen LogP contribution in [-0.4, -0.2) is 95.9 Å². The van der Waals surface area contributed by atoms with E-state index in [0.29, 0.717) is 19.3 Å². The van der Waals surface area contributed by atoms with Gasteiger partial charge in [-0.25, -0.2) is 9.13 Å². The van der Waals surface area contributed by atoms with E-state index in [2.05, 4.69) is 191 Å². The lowest BCUT2D eigenvalue weighted by atomic mass is 10.1. The van der Waals surface area contributed by atoms with Crippen LogP contribution in [-0.2, 0) is 55.8 Å². The number of aliphatic hydroxyl groups is 2.